The topological polar surface area (TPSA) is 64.7 Å². The van der Waals surface area contributed by atoms with Crippen LogP contribution in [0.5, 0.6) is 0 Å². The van der Waals surface area contributed by atoms with Crippen LogP contribution in [0, 0.1) is 6.92 Å². The van der Waals surface area contributed by atoms with Crippen LogP contribution >= 0.6 is 11.3 Å². The zero-order chi connectivity index (χ0) is 14.3. The van der Waals surface area contributed by atoms with Gasteiger partial charge in [0.2, 0.25) is 5.13 Å². The first kappa shape index (κ1) is 13.0. The zero-order valence-electron chi connectivity index (χ0n) is 11.7. The van der Waals surface area contributed by atoms with Gasteiger partial charge in [-0.05, 0) is 31.0 Å². The summed E-state index contributed by atoms with van der Waals surface area (Å²) in [5, 5.41) is 10.5. The van der Waals surface area contributed by atoms with E-state index in [4.69, 9.17) is 10.7 Å². The number of hydrogen-bond acceptors (Lipinski definition) is 5. The van der Waals surface area contributed by atoms with E-state index in [1.165, 1.54) is 16.9 Å². The maximum atomic E-state index is 5.72. The summed E-state index contributed by atoms with van der Waals surface area (Å²) < 4.78 is 0. The lowest BCUT2D eigenvalue weighted by Crippen LogP contribution is -1.95. The standard InChI is InChI=1S/C15H16N4S/c1-8(2)13-7-11(14-18-19-15(16)20-14)10-6-9(3)4-5-12(10)17-13/h4-8H,1-3H3,(H2,16,19). The van der Waals surface area contributed by atoms with Crippen LogP contribution in [0.4, 0.5) is 5.13 Å². The van der Waals surface area contributed by atoms with Crippen LogP contribution in [0.15, 0.2) is 24.3 Å². The van der Waals surface area contributed by atoms with Crippen LogP contribution in [0.3, 0.4) is 0 Å². The Morgan fingerprint density at radius 1 is 1.15 bits per heavy atom. The van der Waals surface area contributed by atoms with Crippen molar-refractivity contribution in [2.24, 2.45) is 0 Å². The second-order valence-corrected chi connectivity index (χ2v) is 6.22. The number of fused-ring (bicyclic) bond motifs is 1. The van der Waals surface area contributed by atoms with Crippen molar-refractivity contribution in [3.05, 3.63) is 35.5 Å². The average molecular weight is 284 g/mol. The zero-order valence-corrected chi connectivity index (χ0v) is 12.5. The molecule has 5 heteroatoms. The van der Waals surface area contributed by atoms with Gasteiger partial charge < -0.3 is 5.73 Å². The minimum absolute atomic E-state index is 0.365. The molecule has 0 bridgehead atoms. The first-order valence-electron chi connectivity index (χ1n) is 6.55. The molecule has 0 saturated heterocycles. The third kappa shape index (κ3) is 2.25. The van der Waals surface area contributed by atoms with E-state index in [2.05, 4.69) is 55.2 Å². The third-order valence-corrected chi connectivity index (χ3v) is 4.03. The molecule has 4 nitrogen and oxygen atoms in total. The third-order valence-electron chi connectivity index (χ3n) is 3.25. The Bertz CT molecular complexity index is 777. The molecular weight excluding hydrogens is 268 g/mol. The van der Waals surface area contributed by atoms with Gasteiger partial charge in [-0.25, -0.2) is 0 Å². The molecule has 0 aliphatic heterocycles. The fraction of sp³-hybridized carbons (Fsp3) is 0.267. The molecule has 0 aliphatic rings. The van der Waals surface area contributed by atoms with Gasteiger partial charge >= 0.3 is 0 Å². The Morgan fingerprint density at radius 2 is 1.95 bits per heavy atom. The van der Waals surface area contributed by atoms with Crippen molar-refractivity contribution < 1.29 is 0 Å². The van der Waals surface area contributed by atoms with Gasteiger partial charge in [-0.2, -0.15) is 0 Å². The van der Waals surface area contributed by atoms with Crippen LogP contribution in [-0.2, 0) is 0 Å². The van der Waals surface area contributed by atoms with Gasteiger partial charge in [-0.3, -0.25) is 4.98 Å². The number of benzene rings is 1. The summed E-state index contributed by atoms with van der Waals surface area (Å²) >= 11 is 1.41. The summed E-state index contributed by atoms with van der Waals surface area (Å²) in [6.45, 7) is 6.36. The van der Waals surface area contributed by atoms with Gasteiger partial charge in [0.25, 0.3) is 0 Å². The number of pyridine rings is 1. The van der Waals surface area contributed by atoms with Crippen LogP contribution < -0.4 is 5.73 Å². The van der Waals surface area contributed by atoms with E-state index in [1.807, 2.05) is 0 Å². The number of rotatable bonds is 2. The highest BCUT2D eigenvalue weighted by Crippen LogP contribution is 2.33. The number of aryl methyl sites for hydroxylation is 1. The first-order chi connectivity index (χ1) is 9.54. The average Bonchev–Trinajstić information content (AvgIpc) is 2.84. The Labute approximate surface area is 121 Å². The second-order valence-electron chi connectivity index (χ2n) is 5.22. The Balaban J connectivity index is 2.34. The van der Waals surface area contributed by atoms with Crippen molar-refractivity contribution in [2.45, 2.75) is 26.7 Å². The minimum Gasteiger partial charge on any atom is -0.374 e. The largest absolute Gasteiger partial charge is 0.374 e. The molecule has 2 heterocycles. The number of nitrogens with zero attached hydrogens (tertiary/aromatic N) is 3. The number of hydrogen-bond donors (Lipinski definition) is 1. The van der Waals surface area contributed by atoms with E-state index in [0.29, 0.717) is 11.0 Å². The van der Waals surface area contributed by atoms with E-state index in [9.17, 15) is 0 Å². The predicted molar refractivity (Wildman–Crippen MR) is 83.9 cm³/mol. The maximum Gasteiger partial charge on any atom is 0.203 e. The van der Waals surface area contributed by atoms with E-state index >= 15 is 0 Å². The summed E-state index contributed by atoms with van der Waals surface area (Å²) in [6, 6.07) is 8.38. The van der Waals surface area contributed by atoms with Gasteiger partial charge in [0, 0.05) is 16.6 Å². The molecule has 20 heavy (non-hydrogen) atoms. The van der Waals surface area contributed by atoms with Crippen molar-refractivity contribution >= 4 is 27.4 Å². The van der Waals surface area contributed by atoms with Crippen molar-refractivity contribution in [3.8, 4) is 10.6 Å². The fourth-order valence-corrected chi connectivity index (χ4v) is 2.82. The minimum atomic E-state index is 0.365. The summed E-state index contributed by atoms with van der Waals surface area (Å²) in [5.41, 5.74) is 10.0. The summed E-state index contributed by atoms with van der Waals surface area (Å²) in [4.78, 5) is 4.73. The van der Waals surface area contributed by atoms with E-state index < -0.39 is 0 Å². The predicted octanol–water partition coefficient (Wildman–Crippen LogP) is 3.77. The highest BCUT2D eigenvalue weighted by molar-refractivity contribution is 7.18. The smallest absolute Gasteiger partial charge is 0.203 e. The lowest BCUT2D eigenvalue weighted by Gasteiger charge is -2.10. The molecular formula is C15H16N4S. The van der Waals surface area contributed by atoms with Gasteiger partial charge in [0.1, 0.15) is 5.01 Å². The molecule has 0 amide bonds. The van der Waals surface area contributed by atoms with Crippen LogP contribution in [-0.4, -0.2) is 15.2 Å². The normalized spacial score (nSPS) is 11.4. The van der Waals surface area contributed by atoms with E-state index in [1.54, 1.807) is 0 Å². The van der Waals surface area contributed by atoms with E-state index in [0.717, 1.165) is 27.2 Å². The summed E-state index contributed by atoms with van der Waals surface area (Å²) in [7, 11) is 0. The van der Waals surface area contributed by atoms with Crippen LogP contribution in [0.1, 0.15) is 31.0 Å². The molecule has 0 atom stereocenters. The van der Waals surface area contributed by atoms with Crippen LogP contribution in [0.25, 0.3) is 21.5 Å². The molecule has 2 aromatic heterocycles. The lowest BCUT2D eigenvalue weighted by molar-refractivity contribution is 0.830. The van der Waals surface area contributed by atoms with Crippen LogP contribution in [0.2, 0.25) is 0 Å². The summed E-state index contributed by atoms with van der Waals surface area (Å²) in [6.07, 6.45) is 0. The van der Waals surface area contributed by atoms with Crippen molar-refractivity contribution in [1.82, 2.24) is 15.2 Å². The van der Waals surface area contributed by atoms with Gasteiger partial charge in [0.05, 0.1) is 5.52 Å². The highest BCUT2D eigenvalue weighted by Gasteiger charge is 2.13. The molecule has 0 radical (unpaired) electrons. The quantitative estimate of drug-likeness (QED) is 0.778. The van der Waals surface area contributed by atoms with Gasteiger partial charge in [0.15, 0.2) is 0 Å². The van der Waals surface area contributed by atoms with Gasteiger partial charge in [-0.1, -0.05) is 36.8 Å². The SMILES string of the molecule is Cc1ccc2nc(C(C)C)cc(-c3nnc(N)s3)c2c1. The molecule has 102 valence electrons. The lowest BCUT2D eigenvalue weighted by atomic mass is 10.0. The molecule has 1 aromatic carbocycles. The molecule has 0 unspecified atom stereocenters. The monoisotopic (exact) mass is 284 g/mol. The first-order valence-corrected chi connectivity index (χ1v) is 7.37. The molecule has 0 fully saturated rings. The number of aromatic nitrogens is 3. The van der Waals surface area contributed by atoms with Crippen molar-refractivity contribution in [1.29, 1.82) is 0 Å². The molecule has 0 saturated carbocycles. The molecule has 0 aliphatic carbocycles. The molecule has 2 N–H and O–H groups in total. The highest BCUT2D eigenvalue weighted by atomic mass is 32.1. The van der Waals surface area contributed by atoms with Crippen molar-refractivity contribution in [3.63, 3.8) is 0 Å². The van der Waals surface area contributed by atoms with E-state index in [-0.39, 0.29) is 0 Å². The Kier molecular flexibility index (Phi) is 3.14. The molecule has 0 spiro atoms. The maximum absolute atomic E-state index is 5.72. The Hall–Kier alpha value is -2.01. The second kappa shape index (κ2) is 4.83. The number of nitrogens with two attached hydrogens (primary N) is 1. The van der Waals surface area contributed by atoms with Gasteiger partial charge in [-0.15, -0.1) is 10.2 Å². The van der Waals surface area contributed by atoms with Crippen molar-refractivity contribution in [2.75, 3.05) is 5.73 Å². The molecule has 3 rings (SSSR count). The number of nitrogen functional groups attached to an aromatic ring is 1. The summed E-state index contributed by atoms with van der Waals surface area (Å²) in [5.74, 6) is 0.365. The Morgan fingerprint density at radius 3 is 2.60 bits per heavy atom. The fourth-order valence-electron chi connectivity index (χ4n) is 2.18. The number of anilines is 1. The molecule has 3 aromatic rings.